The second-order valence-corrected chi connectivity index (χ2v) is 5.42. The second-order valence-electron chi connectivity index (χ2n) is 5.42. The van der Waals surface area contributed by atoms with Crippen LogP contribution in [0.4, 0.5) is 0 Å². The molecule has 0 unspecified atom stereocenters. The normalized spacial score (nSPS) is 10.7. The molecular formula is C20H15N3O. The van der Waals surface area contributed by atoms with Gasteiger partial charge in [-0.25, -0.2) is 4.98 Å². The van der Waals surface area contributed by atoms with Crippen molar-refractivity contribution in [3.8, 4) is 28.1 Å². The molecule has 0 saturated carbocycles. The number of nitrogens with zero attached hydrogens (tertiary/aromatic N) is 3. The number of pyridine rings is 3. The maximum absolute atomic E-state index is 5.13. The van der Waals surface area contributed by atoms with E-state index in [-0.39, 0.29) is 0 Å². The molecular weight excluding hydrogens is 298 g/mol. The van der Waals surface area contributed by atoms with E-state index in [4.69, 9.17) is 4.74 Å². The summed E-state index contributed by atoms with van der Waals surface area (Å²) in [6.45, 7) is 0. The van der Waals surface area contributed by atoms with E-state index in [1.807, 2.05) is 48.8 Å². The summed E-state index contributed by atoms with van der Waals surface area (Å²) in [7, 11) is 1.62. The Morgan fingerprint density at radius 3 is 2.33 bits per heavy atom. The lowest BCUT2D eigenvalue weighted by Crippen LogP contribution is -1.89. The molecule has 116 valence electrons. The minimum atomic E-state index is 0.610. The Morgan fingerprint density at radius 2 is 1.58 bits per heavy atom. The maximum Gasteiger partial charge on any atom is 0.212 e. The van der Waals surface area contributed by atoms with Gasteiger partial charge in [0.2, 0.25) is 5.88 Å². The van der Waals surface area contributed by atoms with Gasteiger partial charge < -0.3 is 4.74 Å². The first-order chi connectivity index (χ1) is 11.8. The maximum atomic E-state index is 5.13. The molecule has 1 aromatic carbocycles. The monoisotopic (exact) mass is 313 g/mol. The summed E-state index contributed by atoms with van der Waals surface area (Å²) in [6.07, 6.45) is 7.27. The summed E-state index contributed by atoms with van der Waals surface area (Å²) >= 11 is 0. The molecule has 0 bridgehead atoms. The Labute approximate surface area is 139 Å². The molecule has 4 heteroatoms. The van der Waals surface area contributed by atoms with Crippen LogP contribution in [0.1, 0.15) is 0 Å². The van der Waals surface area contributed by atoms with Crippen LogP contribution < -0.4 is 4.74 Å². The van der Waals surface area contributed by atoms with Gasteiger partial charge >= 0.3 is 0 Å². The van der Waals surface area contributed by atoms with Crippen molar-refractivity contribution in [3.63, 3.8) is 0 Å². The third kappa shape index (κ3) is 2.58. The van der Waals surface area contributed by atoms with Crippen molar-refractivity contribution >= 4 is 10.9 Å². The molecule has 0 atom stereocenters. The number of fused-ring (bicyclic) bond motifs is 1. The van der Waals surface area contributed by atoms with Gasteiger partial charge in [0.15, 0.2) is 0 Å². The molecule has 0 aliphatic heterocycles. The summed E-state index contributed by atoms with van der Waals surface area (Å²) in [5, 5.41) is 1.11. The molecule has 0 spiro atoms. The number of rotatable bonds is 3. The lowest BCUT2D eigenvalue weighted by molar-refractivity contribution is 0.398. The average molecular weight is 313 g/mol. The molecule has 4 nitrogen and oxygen atoms in total. The first kappa shape index (κ1) is 14.3. The van der Waals surface area contributed by atoms with Gasteiger partial charge in [0.1, 0.15) is 0 Å². The molecule has 0 fully saturated rings. The minimum absolute atomic E-state index is 0.610. The summed E-state index contributed by atoms with van der Waals surface area (Å²) < 4.78 is 5.13. The highest BCUT2D eigenvalue weighted by atomic mass is 16.5. The van der Waals surface area contributed by atoms with E-state index >= 15 is 0 Å². The summed E-state index contributed by atoms with van der Waals surface area (Å²) in [5.74, 6) is 0.610. The standard InChI is InChI=1S/C20H15N3O/c1-24-20-5-3-16(13-23-20)15-2-4-19-18(12-15)17(8-11-22-19)14-6-9-21-10-7-14/h2-13H,1H3. The van der Waals surface area contributed by atoms with E-state index in [2.05, 4.69) is 27.1 Å². The SMILES string of the molecule is COc1ccc(-c2ccc3nccc(-c4ccncc4)c3c2)cn1. The van der Waals surface area contributed by atoms with Crippen LogP contribution in [0.2, 0.25) is 0 Å². The predicted molar refractivity (Wildman–Crippen MR) is 94.8 cm³/mol. The lowest BCUT2D eigenvalue weighted by atomic mass is 9.98. The zero-order chi connectivity index (χ0) is 16.4. The Morgan fingerprint density at radius 1 is 0.750 bits per heavy atom. The minimum Gasteiger partial charge on any atom is -0.481 e. The van der Waals surface area contributed by atoms with E-state index in [0.29, 0.717) is 5.88 Å². The van der Waals surface area contributed by atoms with E-state index in [9.17, 15) is 0 Å². The van der Waals surface area contributed by atoms with Gasteiger partial charge in [0.05, 0.1) is 12.6 Å². The molecule has 24 heavy (non-hydrogen) atoms. The third-order valence-corrected chi connectivity index (χ3v) is 4.01. The number of aromatic nitrogens is 3. The van der Waals surface area contributed by atoms with Gasteiger partial charge in [-0.05, 0) is 53.1 Å². The van der Waals surface area contributed by atoms with Gasteiger partial charge in [-0.3, -0.25) is 9.97 Å². The second kappa shape index (κ2) is 6.08. The molecule has 0 N–H and O–H groups in total. The van der Waals surface area contributed by atoms with E-state index in [0.717, 1.165) is 33.2 Å². The number of methoxy groups -OCH3 is 1. The van der Waals surface area contributed by atoms with Crippen LogP contribution in [0.15, 0.2) is 73.3 Å². The van der Waals surface area contributed by atoms with Crippen LogP contribution in [-0.4, -0.2) is 22.1 Å². The van der Waals surface area contributed by atoms with Crippen molar-refractivity contribution in [1.82, 2.24) is 15.0 Å². The molecule has 0 radical (unpaired) electrons. The van der Waals surface area contributed by atoms with Gasteiger partial charge in [0.25, 0.3) is 0 Å². The highest BCUT2D eigenvalue weighted by Crippen LogP contribution is 2.31. The van der Waals surface area contributed by atoms with Gasteiger partial charge in [-0.15, -0.1) is 0 Å². The third-order valence-electron chi connectivity index (χ3n) is 4.01. The predicted octanol–water partition coefficient (Wildman–Crippen LogP) is 4.37. The molecule has 4 aromatic rings. The molecule has 0 amide bonds. The number of ether oxygens (including phenoxy) is 1. The van der Waals surface area contributed by atoms with Crippen LogP contribution in [0.3, 0.4) is 0 Å². The highest BCUT2D eigenvalue weighted by molar-refractivity contribution is 5.96. The summed E-state index contributed by atoms with van der Waals surface area (Å²) in [5.41, 5.74) is 5.38. The summed E-state index contributed by atoms with van der Waals surface area (Å²) in [4.78, 5) is 12.9. The molecule has 3 heterocycles. The van der Waals surface area contributed by atoms with Crippen molar-refractivity contribution in [2.45, 2.75) is 0 Å². The van der Waals surface area contributed by atoms with E-state index < -0.39 is 0 Å². The summed E-state index contributed by atoms with van der Waals surface area (Å²) in [6, 6.07) is 16.2. The van der Waals surface area contributed by atoms with Crippen molar-refractivity contribution in [2.75, 3.05) is 7.11 Å². The van der Waals surface area contributed by atoms with Crippen LogP contribution in [-0.2, 0) is 0 Å². The Balaban J connectivity index is 1.87. The smallest absolute Gasteiger partial charge is 0.212 e. The number of hydrogen-bond donors (Lipinski definition) is 0. The van der Waals surface area contributed by atoms with Gasteiger partial charge in [0, 0.05) is 41.8 Å². The van der Waals surface area contributed by atoms with Crippen molar-refractivity contribution in [2.24, 2.45) is 0 Å². The van der Waals surface area contributed by atoms with Crippen LogP contribution in [0.5, 0.6) is 5.88 Å². The lowest BCUT2D eigenvalue weighted by Gasteiger charge is -2.09. The van der Waals surface area contributed by atoms with Gasteiger partial charge in [-0.2, -0.15) is 0 Å². The zero-order valence-corrected chi connectivity index (χ0v) is 13.2. The van der Waals surface area contributed by atoms with E-state index in [1.165, 1.54) is 0 Å². The van der Waals surface area contributed by atoms with Crippen molar-refractivity contribution < 1.29 is 4.74 Å². The quantitative estimate of drug-likeness (QED) is 0.563. The largest absolute Gasteiger partial charge is 0.481 e. The molecule has 0 aliphatic carbocycles. The molecule has 0 aliphatic rings. The fourth-order valence-electron chi connectivity index (χ4n) is 2.78. The average Bonchev–Trinajstić information content (AvgIpc) is 2.68. The number of benzene rings is 1. The fraction of sp³-hybridized carbons (Fsp3) is 0.0500. The first-order valence-corrected chi connectivity index (χ1v) is 7.65. The van der Waals surface area contributed by atoms with Crippen molar-refractivity contribution in [1.29, 1.82) is 0 Å². The molecule has 0 saturated heterocycles. The molecule has 3 aromatic heterocycles. The van der Waals surface area contributed by atoms with Crippen LogP contribution in [0.25, 0.3) is 33.2 Å². The van der Waals surface area contributed by atoms with Gasteiger partial charge in [-0.1, -0.05) is 6.07 Å². The number of hydrogen-bond acceptors (Lipinski definition) is 4. The molecule has 4 rings (SSSR count). The Bertz CT molecular complexity index is 983. The Hall–Kier alpha value is -3.27. The van der Waals surface area contributed by atoms with Crippen LogP contribution >= 0.6 is 0 Å². The highest BCUT2D eigenvalue weighted by Gasteiger charge is 2.07. The van der Waals surface area contributed by atoms with E-state index in [1.54, 1.807) is 19.5 Å². The zero-order valence-electron chi connectivity index (χ0n) is 13.2. The Kier molecular flexibility index (Phi) is 3.63. The van der Waals surface area contributed by atoms with Crippen molar-refractivity contribution in [3.05, 3.63) is 73.3 Å². The fourth-order valence-corrected chi connectivity index (χ4v) is 2.78. The first-order valence-electron chi connectivity index (χ1n) is 7.65. The topological polar surface area (TPSA) is 47.9 Å². The van der Waals surface area contributed by atoms with Crippen LogP contribution in [0, 0.1) is 0 Å².